The van der Waals surface area contributed by atoms with E-state index in [2.05, 4.69) is 5.32 Å². The van der Waals surface area contributed by atoms with Gasteiger partial charge in [-0.1, -0.05) is 54.1 Å². The highest BCUT2D eigenvalue weighted by atomic mass is 35.5. The van der Waals surface area contributed by atoms with Crippen molar-refractivity contribution in [2.24, 2.45) is 0 Å². The summed E-state index contributed by atoms with van der Waals surface area (Å²) in [6, 6.07) is 4.84. The normalized spacial score (nSPS) is 18.0. The molecule has 1 fully saturated rings. The van der Waals surface area contributed by atoms with Gasteiger partial charge in [0.1, 0.15) is 4.32 Å². The Morgan fingerprint density at radius 2 is 2.18 bits per heavy atom. The van der Waals surface area contributed by atoms with E-state index in [0.29, 0.717) is 20.1 Å². The number of hydrogen-bond acceptors (Lipinski definition) is 4. The Hall–Kier alpha value is -0.820. The molecule has 0 radical (unpaired) electrons. The zero-order chi connectivity index (χ0) is 16.3. The number of rotatable bonds is 5. The summed E-state index contributed by atoms with van der Waals surface area (Å²) in [5, 5.41) is 3.44. The first kappa shape index (κ1) is 17.5. The molecule has 1 aliphatic heterocycles. The number of carbonyl (C=O) groups is 2. The number of thioether (sulfide) groups is 1. The summed E-state index contributed by atoms with van der Waals surface area (Å²) in [5.41, 5.74) is 0.493. The molecule has 1 aliphatic rings. The summed E-state index contributed by atoms with van der Waals surface area (Å²) in [5.74, 6) is -0.250. The Bertz CT molecular complexity index is 625. The van der Waals surface area contributed by atoms with Crippen LogP contribution in [0.3, 0.4) is 0 Å². The molecule has 1 heterocycles. The summed E-state index contributed by atoms with van der Waals surface area (Å²) in [6.07, 6.45) is 0.883. The van der Waals surface area contributed by atoms with Gasteiger partial charge in [0.15, 0.2) is 0 Å². The molecule has 8 heteroatoms. The molecule has 2 rings (SSSR count). The predicted molar refractivity (Wildman–Crippen MR) is 95.7 cm³/mol. The Balaban J connectivity index is 1.90. The van der Waals surface area contributed by atoms with Crippen molar-refractivity contribution in [1.29, 1.82) is 0 Å². The predicted octanol–water partition coefficient (Wildman–Crippen LogP) is 3.96. The second-order valence-electron chi connectivity index (χ2n) is 4.69. The van der Waals surface area contributed by atoms with E-state index in [0.717, 1.165) is 6.42 Å². The number of halogens is 2. The average molecular weight is 377 g/mol. The highest BCUT2D eigenvalue weighted by Crippen LogP contribution is 2.29. The molecule has 1 aromatic rings. The molecular weight excluding hydrogens is 363 g/mol. The second kappa shape index (κ2) is 7.64. The van der Waals surface area contributed by atoms with E-state index in [1.807, 2.05) is 6.92 Å². The summed E-state index contributed by atoms with van der Waals surface area (Å²) < 4.78 is 0.536. The molecule has 4 nitrogen and oxygen atoms in total. The molecule has 1 atom stereocenters. The zero-order valence-electron chi connectivity index (χ0n) is 11.8. The van der Waals surface area contributed by atoms with Gasteiger partial charge in [-0.2, -0.15) is 0 Å². The first-order chi connectivity index (χ1) is 10.4. The van der Waals surface area contributed by atoms with Crippen molar-refractivity contribution in [1.82, 2.24) is 4.90 Å². The number of anilines is 1. The highest BCUT2D eigenvalue weighted by molar-refractivity contribution is 8.24. The van der Waals surface area contributed by atoms with Gasteiger partial charge in [-0.3, -0.25) is 14.5 Å². The lowest BCUT2D eigenvalue weighted by atomic mass is 10.2. The van der Waals surface area contributed by atoms with E-state index in [-0.39, 0.29) is 30.0 Å². The molecule has 0 aliphatic carbocycles. The van der Waals surface area contributed by atoms with Crippen LogP contribution in [0.15, 0.2) is 18.2 Å². The maximum absolute atomic E-state index is 12.1. The van der Waals surface area contributed by atoms with Crippen LogP contribution < -0.4 is 5.32 Å². The SMILES string of the molecule is CCC1SC(=S)N(CCC(=O)Nc2ccc(Cl)cc2Cl)C1=O. The van der Waals surface area contributed by atoms with Crippen LogP contribution in [0.4, 0.5) is 5.69 Å². The number of hydrogen-bond donors (Lipinski definition) is 1. The molecule has 22 heavy (non-hydrogen) atoms. The van der Waals surface area contributed by atoms with Crippen LogP contribution >= 0.6 is 47.2 Å². The lowest BCUT2D eigenvalue weighted by molar-refractivity contribution is -0.126. The third kappa shape index (κ3) is 4.13. The molecule has 0 bridgehead atoms. The van der Waals surface area contributed by atoms with Gasteiger partial charge < -0.3 is 5.32 Å². The molecule has 1 unspecified atom stereocenters. The number of nitrogens with zero attached hydrogens (tertiary/aromatic N) is 1. The number of nitrogens with one attached hydrogen (secondary N) is 1. The van der Waals surface area contributed by atoms with Crippen molar-refractivity contribution in [2.75, 3.05) is 11.9 Å². The van der Waals surface area contributed by atoms with Gasteiger partial charge in [0.2, 0.25) is 11.8 Å². The smallest absolute Gasteiger partial charge is 0.241 e. The van der Waals surface area contributed by atoms with Crippen LogP contribution in [0.2, 0.25) is 10.0 Å². The fourth-order valence-electron chi connectivity index (χ4n) is 1.98. The average Bonchev–Trinajstić information content (AvgIpc) is 2.74. The standard InChI is InChI=1S/C14H14Cl2N2O2S2/c1-2-11-13(20)18(14(21)22-11)6-5-12(19)17-10-4-3-8(15)7-9(10)16/h3-4,7,11H,2,5-6H2,1H3,(H,17,19). The van der Waals surface area contributed by atoms with Gasteiger partial charge in [0.05, 0.1) is 16.0 Å². The van der Waals surface area contributed by atoms with Gasteiger partial charge in [-0.25, -0.2) is 0 Å². The van der Waals surface area contributed by atoms with Crippen LogP contribution in [0.5, 0.6) is 0 Å². The minimum atomic E-state index is -0.232. The Labute approximate surface area is 148 Å². The van der Waals surface area contributed by atoms with Crippen molar-refractivity contribution < 1.29 is 9.59 Å². The largest absolute Gasteiger partial charge is 0.325 e. The fraction of sp³-hybridized carbons (Fsp3) is 0.357. The molecule has 0 spiro atoms. The van der Waals surface area contributed by atoms with E-state index in [9.17, 15) is 9.59 Å². The van der Waals surface area contributed by atoms with E-state index in [1.54, 1.807) is 18.2 Å². The van der Waals surface area contributed by atoms with Gasteiger partial charge in [-0.05, 0) is 24.6 Å². The van der Waals surface area contributed by atoms with Crippen LogP contribution in [0.1, 0.15) is 19.8 Å². The topological polar surface area (TPSA) is 49.4 Å². The minimum absolute atomic E-state index is 0.0187. The fourth-order valence-corrected chi connectivity index (χ4v) is 3.91. The maximum atomic E-state index is 12.1. The Morgan fingerprint density at radius 1 is 1.45 bits per heavy atom. The Morgan fingerprint density at radius 3 is 2.77 bits per heavy atom. The molecule has 1 saturated heterocycles. The highest BCUT2D eigenvalue weighted by Gasteiger charge is 2.35. The first-order valence-corrected chi connectivity index (χ1v) is 8.73. The van der Waals surface area contributed by atoms with Crippen LogP contribution in [-0.2, 0) is 9.59 Å². The number of amides is 2. The van der Waals surface area contributed by atoms with Crippen molar-refractivity contribution in [2.45, 2.75) is 25.0 Å². The quantitative estimate of drug-likeness (QED) is 0.790. The molecule has 118 valence electrons. The van der Waals surface area contributed by atoms with Crippen LogP contribution in [0.25, 0.3) is 0 Å². The number of benzene rings is 1. The van der Waals surface area contributed by atoms with Gasteiger partial charge in [0.25, 0.3) is 0 Å². The monoisotopic (exact) mass is 376 g/mol. The Kier molecular flexibility index (Phi) is 6.09. The summed E-state index contributed by atoms with van der Waals surface area (Å²) >= 11 is 18.4. The van der Waals surface area contributed by atoms with E-state index >= 15 is 0 Å². The molecule has 0 saturated carbocycles. The molecule has 0 aromatic heterocycles. The molecule has 1 aromatic carbocycles. The number of carbonyl (C=O) groups excluding carboxylic acids is 2. The lowest BCUT2D eigenvalue weighted by Gasteiger charge is -2.15. The van der Waals surface area contributed by atoms with Crippen molar-refractivity contribution in [3.8, 4) is 0 Å². The molecular formula is C14H14Cl2N2O2S2. The van der Waals surface area contributed by atoms with Gasteiger partial charge in [-0.15, -0.1) is 0 Å². The summed E-state index contributed by atoms with van der Waals surface area (Å²) in [6.45, 7) is 2.22. The van der Waals surface area contributed by atoms with Gasteiger partial charge in [0, 0.05) is 18.0 Å². The van der Waals surface area contributed by atoms with Crippen molar-refractivity contribution in [3.63, 3.8) is 0 Å². The van der Waals surface area contributed by atoms with Crippen LogP contribution in [-0.4, -0.2) is 32.8 Å². The van der Waals surface area contributed by atoms with E-state index in [4.69, 9.17) is 35.4 Å². The molecule has 2 amide bonds. The van der Waals surface area contributed by atoms with Gasteiger partial charge >= 0.3 is 0 Å². The first-order valence-electron chi connectivity index (χ1n) is 6.69. The minimum Gasteiger partial charge on any atom is -0.325 e. The van der Waals surface area contributed by atoms with Crippen LogP contribution in [0, 0.1) is 0 Å². The second-order valence-corrected chi connectivity index (χ2v) is 7.37. The lowest BCUT2D eigenvalue weighted by Crippen LogP contribution is -2.34. The zero-order valence-corrected chi connectivity index (χ0v) is 14.9. The third-order valence-electron chi connectivity index (χ3n) is 3.14. The van der Waals surface area contributed by atoms with Crippen molar-refractivity contribution in [3.05, 3.63) is 28.2 Å². The van der Waals surface area contributed by atoms with E-state index in [1.165, 1.54) is 16.7 Å². The summed E-state index contributed by atoms with van der Waals surface area (Å²) in [7, 11) is 0. The van der Waals surface area contributed by atoms with E-state index < -0.39 is 0 Å². The summed E-state index contributed by atoms with van der Waals surface area (Å²) in [4.78, 5) is 25.5. The maximum Gasteiger partial charge on any atom is 0.241 e. The molecule has 1 N–H and O–H groups in total. The third-order valence-corrected chi connectivity index (χ3v) is 5.44. The van der Waals surface area contributed by atoms with Crippen molar-refractivity contribution >= 4 is 69.0 Å². The number of thiocarbonyl (C=S) groups is 1.